The van der Waals surface area contributed by atoms with Gasteiger partial charge in [0.1, 0.15) is 5.15 Å². The topological polar surface area (TPSA) is 25.8 Å². The Kier molecular flexibility index (Phi) is 3.21. The molecule has 1 aromatic carbocycles. The normalized spacial score (nSPS) is 13.0. The van der Waals surface area contributed by atoms with Crippen LogP contribution in [0.25, 0.3) is 10.9 Å². The fourth-order valence-corrected chi connectivity index (χ4v) is 1.92. The molecule has 0 aliphatic rings. The molecule has 0 aliphatic carbocycles. The van der Waals surface area contributed by atoms with Gasteiger partial charge in [0.25, 0.3) is 0 Å². The summed E-state index contributed by atoms with van der Waals surface area (Å²) in [7, 11) is 0. The van der Waals surface area contributed by atoms with Crippen molar-refractivity contribution < 1.29 is 13.2 Å². The average Bonchev–Trinajstić information content (AvgIpc) is 2.26. The first-order valence-corrected chi connectivity index (χ1v) is 6.02. The smallest absolute Gasteiger partial charge is 0.224 e. The Hall–Kier alpha value is -1.36. The van der Waals surface area contributed by atoms with Crippen molar-refractivity contribution in [2.75, 3.05) is 0 Å². The lowest BCUT2D eigenvalue weighted by Crippen LogP contribution is -2.13. The monoisotopic (exact) mass is 288 g/mol. The predicted molar refractivity (Wildman–Crippen MR) is 68.3 cm³/mol. The highest BCUT2D eigenvalue weighted by atomic mass is 35.5. The molecular formula is C13H12ClF3N2. The van der Waals surface area contributed by atoms with Gasteiger partial charge in [-0.05, 0) is 23.1 Å². The van der Waals surface area contributed by atoms with Gasteiger partial charge >= 0.3 is 6.18 Å². The van der Waals surface area contributed by atoms with Crippen LogP contribution >= 0.6 is 11.6 Å². The number of alkyl halides is 3. The Morgan fingerprint density at radius 2 is 1.68 bits per heavy atom. The van der Waals surface area contributed by atoms with Gasteiger partial charge in [0, 0.05) is 5.39 Å². The van der Waals surface area contributed by atoms with Gasteiger partial charge in [-0.15, -0.1) is 0 Å². The fraction of sp³-hybridized carbons (Fsp3) is 0.385. The Morgan fingerprint density at radius 3 is 2.21 bits per heavy atom. The van der Waals surface area contributed by atoms with E-state index in [2.05, 4.69) is 9.97 Å². The van der Waals surface area contributed by atoms with Crippen molar-refractivity contribution in [2.24, 2.45) is 0 Å². The maximum Gasteiger partial charge on any atom is 0.451 e. The van der Waals surface area contributed by atoms with Crippen LogP contribution < -0.4 is 0 Å². The Balaban J connectivity index is 2.67. The van der Waals surface area contributed by atoms with E-state index in [0.717, 1.165) is 5.56 Å². The van der Waals surface area contributed by atoms with Gasteiger partial charge in [0.2, 0.25) is 5.82 Å². The molecule has 0 bridgehead atoms. The molecule has 1 aromatic heterocycles. The standard InChI is InChI=1S/C13H12ClF3N2/c1-12(2,3)7-4-5-9-8(6-7)10(14)19-11(18-9)13(15,16)17/h4-6H,1-3H3. The van der Waals surface area contributed by atoms with Crippen LogP contribution in [0.4, 0.5) is 13.2 Å². The summed E-state index contributed by atoms with van der Waals surface area (Å²) >= 11 is 5.84. The minimum atomic E-state index is -4.60. The van der Waals surface area contributed by atoms with E-state index in [-0.39, 0.29) is 16.1 Å². The van der Waals surface area contributed by atoms with Crippen LogP contribution in [-0.4, -0.2) is 9.97 Å². The van der Waals surface area contributed by atoms with Crippen LogP contribution in [0.2, 0.25) is 5.15 Å². The first kappa shape index (κ1) is 14.1. The molecule has 2 aromatic rings. The number of halogens is 4. The third-order valence-electron chi connectivity index (χ3n) is 2.77. The van der Waals surface area contributed by atoms with Gasteiger partial charge in [-0.25, -0.2) is 9.97 Å². The molecule has 6 heteroatoms. The van der Waals surface area contributed by atoms with Gasteiger partial charge < -0.3 is 0 Å². The molecule has 0 fully saturated rings. The predicted octanol–water partition coefficient (Wildman–Crippen LogP) is 4.60. The average molecular weight is 289 g/mol. The largest absolute Gasteiger partial charge is 0.451 e. The second kappa shape index (κ2) is 4.34. The second-order valence-corrected chi connectivity index (χ2v) is 5.68. The quantitative estimate of drug-likeness (QED) is 0.662. The van der Waals surface area contributed by atoms with Gasteiger partial charge in [0.05, 0.1) is 5.52 Å². The maximum atomic E-state index is 12.6. The summed E-state index contributed by atoms with van der Waals surface area (Å²) in [4.78, 5) is 6.84. The van der Waals surface area contributed by atoms with Crippen LogP contribution in [0.15, 0.2) is 18.2 Å². The number of benzene rings is 1. The lowest BCUT2D eigenvalue weighted by Gasteiger charge is -2.19. The van der Waals surface area contributed by atoms with Crippen LogP contribution in [0.3, 0.4) is 0 Å². The summed E-state index contributed by atoms with van der Waals surface area (Å²) in [5.41, 5.74) is 1.03. The zero-order valence-corrected chi connectivity index (χ0v) is 11.4. The lowest BCUT2D eigenvalue weighted by molar-refractivity contribution is -0.144. The van der Waals surface area contributed by atoms with E-state index in [9.17, 15) is 13.2 Å². The summed E-state index contributed by atoms with van der Waals surface area (Å²) in [6, 6.07) is 5.03. The molecule has 0 saturated carbocycles. The molecule has 0 aliphatic heterocycles. The highest BCUT2D eigenvalue weighted by Gasteiger charge is 2.35. The number of aromatic nitrogens is 2. The molecule has 0 saturated heterocycles. The highest BCUT2D eigenvalue weighted by molar-refractivity contribution is 6.34. The Bertz CT molecular complexity index is 630. The van der Waals surface area contributed by atoms with Crippen LogP contribution in [0, 0.1) is 0 Å². The number of fused-ring (bicyclic) bond motifs is 1. The highest BCUT2D eigenvalue weighted by Crippen LogP contribution is 2.32. The van der Waals surface area contributed by atoms with Crippen molar-refractivity contribution in [3.63, 3.8) is 0 Å². The van der Waals surface area contributed by atoms with E-state index in [1.807, 2.05) is 20.8 Å². The van der Waals surface area contributed by atoms with Crippen molar-refractivity contribution in [3.05, 3.63) is 34.7 Å². The van der Waals surface area contributed by atoms with Gasteiger partial charge in [-0.1, -0.05) is 38.4 Å². The molecule has 0 atom stereocenters. The summed E-state index contributed by atoms with van der Waals surface area (Å²) in [5.74, 6) is -1.21. The SMILES string of the molecule is CC(C)(C)c1ccc2nc(C(F)(F)F)nc(Cl)c2c1. The number of hydrogen-bond acceptors (Lipinski definition) is 2. The molecule has 1 heterocycles. The zero-order valence-electron chi connectivity index (χ0n) is 10.6. The number of nitrogens with zero attached hydrogens (tertiary/aromatic N) is 2. The van der Waals surface area contributed by atoms with Gasteiger partial charge in [0.15, 0.2) is 0 Å². The minimum Gasteiger partial charge on any atom is -0.224 e. The van der Waals surface area contributed by atoms with Gasteiger partial charge in [-0.2, -0.15) is 13.2 Å². The Labute approximate surface area is 113 Å². The summed E-state index contributed by atoms with van der Waals surface area (Å²) in [6.07, 6.45) is -4.60. The molecule has 0 N–H and O–H groups in total. The number of hydrogen-bond donors (Lipinski definition) is 0. The van der Waals surface area contributed by atoms with Gasteiger partial charge in [-0.3, -0.25) is 0 Å². The third-order valence-corrected chi connectivity index (χ3v) is 3.06. The minimum absolute atomic E-state index is 0.125. The maximum absolute atomic E-state index is 12.6. The van der Waals surface area contributed by atoms with E-state index in [1.165, 1.54) is 0 Å². The first-order valence-electron chi connectivity index (χ1n) is 5.64. The molecule has 0 amide bonds. The molecule has 0 radical (unpaired) electrons. The summed E-state index contributed by atoms with van der Waals surface area (Å²) in [6.45, 7) is 6.02. The van der Waals surface area contributed by atoms with Crippen LogP contribution in [0.1, 0.15) is 32.2 Å². The first-order chi connectivity index (χ1) is 8.59. The van der Waals surface area contributed by atoms with E-state index in [0.29, 0.717) is 5.39 Å². The van der Waals surface area contributed by atoms with Crippen molar-refractivity contribution in [2.45, 2.75) is 32.4 Å². The Morgan fingerprint density at radius 1 is 1.05 bits per heavy atom. The third kappa shape index (κ3) is 2.81. The molecule has 102 valence electrons. The molecule has 0 unspecified atom stereocenters. The fourth-order valence-electron chi connectivity index (χ4n) is 1.68. The van der Waals surface area contributed by atoms with Crippen LogP contribution in [-0.2, 0) is 11.6 Å². The molecule has 2 nitrogen and oxygen atoms in total. The van der Waals surface area contributed by atoms with Crippen molar-refractivity contribution in [1.29, 1.82) is 0 Å². The van der Waals surface area contributed by atoms with E-state index in [4.69, 9.17) is 11.6 Å². The molecule has 19 heavy (non-hydrogen) atoms. The van der Waals surface area contributed by atoms with Crippen molar-refractivity contribution >= 4 is 22.5 Å². The zero-order chi connectivity index (χ0) is 14.4. The van der Waals surface area contributed by atoms with E-state index in [1.54, 1.807) is 18.2 Å². The van der Waals surface area contributed by atoms with Crippen LogP contribution in [0.5, 0.6) is 0 Å². The molecular weight excluding hydrogens is 277 g/mol. The van der Waals surface area contributed by atoms with Crippen molar-refractivity contribution in [1.82, 2.24) is 9.97 Å². The number of rotatable bonds is 0. The van der Waals surface area contributed by atoms with E-state index >= 15 is 0 Å². The lowest BCUT2D eigenvalue weighted by atomic mass is 9.86. The molecule has 0 spiro atoms. The molecule has 2 rings (SSSR count). The second-order valence-electron chi connectivity index (χ2n) is 5.32. The van der Waals surface area contributed by atoms with E-state index < -0.39 is 12.0 Å². The van der Waals surface area contributed by atoms with Crippen molar-refractivity contribution in [3.8, 4) is 0 Å². The summed E-state index contributed by atoms with van der Waals surface area (Å²) < 4.78 is 37.7. The summed E-state index contributed by atoms with van der Waals surface area (Å²) in [5, 5.41) is 0.255.